The number of aromatic nitrogens is 2. The zero-order valence-electron chi connectivity index (χ0n) is 15.7. The van der Waals surface area contributed by atoms with Gasteiger partial charge < -0.3 is 20.9 Å². The van der Waals surface area contributed by atoms with Crippen LogP contribution in [0, 0.1) is 0 Å². The first-order valence-electron chi connectivity index (χ1n) is 8.73. The summed E-state index contributed by atoms with van der Waals surface area (Å²) >= 11 is 0. The van der Waals surface area contributed by atoms with E-state index in [0.29, 0.717) is 49.7 Å². The molecule has 0 unspecified atom stereocenters. The van der Waals surface area contributed by atoms with Crippen molar-refractivity contribution in [3.05, 3.63) is 35.5 Å². The average Bonchev–Trinajstić information content (AvgIpc) is 2.67. The van der Waals surface area contributed by atoms with Gasteiger partial charge >= 0.3 is 0 Å². The number of anilines is 2. The number of carbonyl (C=O) groups excluding carboxylic acids is 1. The van der Waals surface area contributed by atoms with Crippen LogP contribution in [0.5, 0.6) is 11.5 Å². The second-order valence-corrected chi connectivity index (χ2v) is 5.79. The molecule has 1 aromatic carbocycles. The Hall–Kier alpha value is -2.78. The molecule has 28 heavy (non-hydrogen) atoms. The molecule has 1 amide bonds. The van der Waals surface area contributed by atoms with Crippen LogP contribution in [-0.4, -0.2) is 34.3 Å². The summed E-state index contributed by atoms with van der Waals surface area (Å²) in [5, 5.41) is 8.58. The lowest BCUT2D eigenvalue weighted by Crippen LogP contribution is -2.18. The van der Waals surface area contributed by atoms with Crippen LogP contribution in [-0.2, 0) is 17.6 Å². The third-order valence-corrected chi connectivity index (χ3v) is 3.83. The van der Waals surface area contributed by atoms with E-state index >= 15 is 0 Å². The molecule has 0 spiro atoms. The first kappa shape index (κ1) is 23.3. The van der Waals surface area contributed by atoms with Crippen LogP contribution in [0.1, 0.15) is 31.0 Å². The van der Waals surface area contributed by atoms with Crippen molar-refractivity contribution in [2.24, 2.45) is 0 Å². The van der Waals surface area contributed by atoms with Crippen LogP contribution in [0.3, 0.4) is 0 Å². The Morgan fingerprint density at radius 3 is 2.61 bits per heavy atom. The predicted octanol–water partition coefficient (Wildman–Crippen LogP) is 1.91. The van der Waals surface area contributed by atoms with Gasteiger partial charge in [0.25, 0.3) is 0 Å². The van der Waals surface area contributed by atoms with Crippen molar-refractivity contribution in [1.82, 2.24) is 15.4 Å². The average molecular weight is 412 g/mol. The Kier molecular flexibility index (Phi) is 9.83. The van der Waals surface area contributed by atoms with Gasteiger partial charge in [-0.25, -0.2) is 10.5 Å². The number of nitrogen functional groups attached to an aromatic ring is 2. The standard InChI is InChI=1S/C18H25N5O4.ClH/c1-2-13-16(17(19)22-18(20)21-13)27-11-5-10-26-14-7-4-3-6-12(14)8-9-15(24)23-25;/h3-4,6-7,25H,2,5,8-11H2,1H3,(H,23,24)(H4,19,20,21,22);1H. The van der Waals surface area contributed by atoms with Gasteiger partial charge in [-0.1, -0.05) is 25.1 Å². The molecule has 1 aromatic heterocycles. The van der Waals surface area contributed by atoms with E-state index in [2.05, 4.69) is 9.97 Å². The third-order valence-electron chi connectivity index (χ3n) is 3.83. The maximum Gasteiger partial charge on any atom is 0.243 e. The predicted molar refractivity (Wildman–Crippen MR) is 108 cm³/mol. The Labute approximate surface area is 169 Å². The lowest BCUT2D eigenvalue weighted by molar-refractivity contribution is -0.129. The minimum absolute atomic E-state index is 0. The minimum Gasteiger partial charge on any atom is -0.493 e. The molecule has 0 radical (unpaired) electrons. The number of halogens is 1. The summed E-state index contributed by atoms with van der Waals surface area (Å²) < 4.78 is 11.5. The lowest BCUT2D eigenvalue weighted by atomic mass is 10.1. The van der Waals surface area contributed by atoms with Gasteiger partial charge in [-0.2, -0.15) is 4.98 Å². The Balaban J connectivity index is 0.00000392. The van der Waals surface area contributed by atoms with Gasteiger partial charge in [0.1, 0.15) is 5.75 Å². The smallest absolute Gasteiger partial charge is 0.243 e. The van der Waals surface area contributed by atoms with E-state index in [-0.39, 0.29) is 30.6 Å². The molecule has 0 saturated heterocycles. The number of aryl methyl sites for hydroxylation is 2. The topological polar surface area (TPSA) is 146 Å². The summed E-state index contributed by atoms with van der Waals surface area (Å²) in [4.78, 5) is 19.2. The molecule has 154 valence electrons. The Bertz CT molecular complexity index is 776. The number of hydroxylamine groups is 1. The van der Waals surface area contributed by atoms with E-state index < -0.39 is 5.91 Å². The fourth-order valence-electron chi connectivity index (χ4n) is 2.50. The van der Waals surface area contributed by atoms with Crippen molar-refractivity contribution in [2.45, 2.75) is 32.6 Å². The zero-order chi connectivity index (χ0) is 19.6. The van der Waals surface area contributed by atoms with Crippen molar-refractivity contribution < 1.29 is 19.5 Å². The summed E-state index contributed by atoms with van der Waals surface area (Å²) in [5.41, 5.74) is 14.6. The van der Waals surface area contributed by atoms with Gasteiger partial charge in [0.15, 0.2) is 11.6 Å². The molecule has 0 aliphatic rings. The van der Waals surface area contributed by atoms with Crippen molar-refractivity contribution in [3.8, 4) is 11.5 Å². The van der Waals surface area contributed by atoms with Crippen molar-refractivity contribution in [3.63, 3.8) is 0 Å². The van der Waals surface area contributed by atoms with Crippen LogP contribution in [0.15, 0.2) is 24.3 Å². The summed E-state index contributed by atoms with van der Waals surface area (Å²) in [6.07, 6.45) is 1.91. The van der Waals surface area contributed by atoms with E-state index in [9.17, 15) is 4.79 Å². The van der Waals surface area contributed by atoms with E-state index in [4.69, 9.17) is 26.1 Å². The molecule has 0 saturated carbocycles. The van der Waals surface area contributed by atoms with Gasteiger partial charge in [0, 0.05) is 12.8 Å². The minimum atomic E-state index is -0.437. The molecular weight excluding hydrogens is 386 g/mol. The molecule has 0 aliphatic heterocycles. The van der Waals surface area contributed by atoms with Gasteiger partial charge in [-0.15, -0.1) is 12.4 Å². The number of nitrogens with one attached hydrogen (secondary N) is 1. The highest BCUT2D eigenvalue weighted by atomic mass is 35.5. The van der Waals surface area contributed by atoms with Crippen LogP contribution < -0.4 is 26.4 Å². The number of nitrogens with two attached hydrogens (primary N) is 2. The largest absolute Gasteiger partial charge is 0.493 e. The Morgan fingerprint density at radius 1 is 1.18 bits per heavy atom. The molecule has 6 N–H and O–H groups in total. The quantitative estimate of drug-likeness (QED) is 0.263. The maximum absolute atomic E-state index is 11.2. The van der Waals surface area contributed by atoms with E-state index in [1.54, 1.807) is 5.48 Å². The Morgan fingerprint density at radius 2 is 1.89 bits per heavy atom. The van der Waals surface area contributed by atoms with E-state index in [1.165, 1.54) is 0 Å². The molecule has 0 fully saturated rings. The number of carbonyl (C=O) groups is 1. The SMILES string of the molecule is CCc1nc(N)nc(N)c1OCCCOc1ccccc1CCC(=O)NO.Cl. The second kappa shape index (κ2) is 11.8. The van der Waals surface area contributed by atoms with Gasteiger partial charge in [-0.3, -0.25) is 10.0 Å². The van der Waals surface area contributed by atoms with Crippen LogP contribution >= 0.6 is 12.4 Å². The fourth-order valence-corrected chi connectivity index (χ4v) is 2.50. The van der Waals surface area contributed by atoms with Gasteiger partial charge in [0.2, 0.25) is 11.9 Å². The number of hydrogen-bond donors (Lipinski definition) is 4. The molecule has 0 aliphatic carbocycles. The van der Waals surface area contributed by atoms with E-state index in [1.807, 2.05) is 31.2 Å². The highest BCUT2D eigenvalue weighted by Crippen LogP contribution is 2.25. The zero-order valence-corrected chi connectivity index (χ0v) is 16.5. The normalized spacial score (nSPS) is 10.1. The maximum atomic E-state index is 11.2. The summed E-state index contributed by atoms with van der Waals surface area (Å²) in [7, 11) is 0. The number of nitrogens with zero attached hydrogens (tertiary/aromatic N) is 2. The molecule has 0 atom stereocenters. The first-order chi connectivity index (χ1) is 13.0. The summed E-state index contributed by atoms with van der Waals surface area (Å²) in [5.74, 6) is 1.09. The van der Waals surface area contributed by atoms with Crippen LogP contribution in [0.4, 0.5) is 11.8 Å². The number of rotatable bonds is 10. The van der Waals surface area contributed by atoms with Crippen molar-refractivity contribution >= 4 is 30.1 Å². The fraction of sp³-hybridized carbons (Fsp3) is 0.389. The lowest BCUT2D eigenvalue weighted by Gasteiger charge is -2.13. The highest BCUT2D eigenvalue weighted by molar-refractivity contribution is 5.85. The van der Waals surface area contributed by atoms with Crippen molar-refractivity contribution in [1.29, 1.82) is 0 Å². The number of hydrogen-bond acceptors (Lipinski definition) is 8. The number of benzene rings is 1. The molecule has 0 bridgehead atoms. The molecule has 2 aromatic rings. The third kappa shape index (κ3) is 6.75. The molecule has 2 rings (SSSR count). The molecule has 9 nitrogen and oxygen atoms in total. The monoisotopic (exact) mass is 411 g/mol. The highest BCUT2D eigenvalue weighted by Gasteiger charge is 2.11. The number of amides is 1. The van der Waals surface area contributed by atoms with Gasteiger partial charge in [0.05, 0.1) is 18.9 Å². The summed E-state index contributed by atoms with van der Waals surface area (Å²) in [6, 6.07) is 7.46. The molecule has 10 heteroatoms. The van der Waals surface area contributed by atoms with E-state index in [0.717, 1.165) is 5.56 Å². The number of ether oxygens (including phenoxy) is 2. The summed E-state index contributed by atoms with van der Waals surface area (Å²) in [6.45, 7) is 2.76. The second-order valence-electron chi connectivity index (χ2n) is 5.79. The molecule has 1 heterocycles. The molecular formula is C18H26ClN5O4. The van der Waals surface area contributed by atoms with Gasteiger partial charge in [-0.05, 0) is 24.5 Å². The number of para-hydroxylation sites is 1. The van der Waals surface area contributed by atoms with Crippen LogP contribution in [0.25, 0.3) is 0 Å². The first-order valence-corrected chi connectivity index (χ1v) is 8.73. The van der Waals surface area contributed by atoms with Crippen LogP contribution in [0.2, 0.25) is 0 Å². The van der Waals surface area contributed by atoms with Crippen molar-refractivity contribution in [2.75, 3.05) is 24.7 Å².